The number of hydrogen-bond acceptors (Lipinski definition) is 5. The van der Waals surface area contributed by atoms with E-state index < -0.39 is 35.6 Å². The van der Waals surface area contributed by atoms with Gasteiger partial charge in [-0.1, -0.05) is 46.5 Å². The number of hydrogen-bond donors (Lipinski definition) is 2. The van der Waals surface area contributed by atoms with E-state index in [0.29, 0.717) is 6.42 Å². The molecule has 0 saturated heterocycles. The van der Waals surface area contributed by atoms with Gasteiger partial charge in [0, 0.05) is 5.92 Å². The Kier molecular flexibility index (Phi) is 9.30. The molecule has 0 aliphatic heterocycles. The SMILES string of the molecule is COC(=O)C(NC(=O)[C@H](CCCC1(C(C)(C)C)CCCCC1)CC(=O)O)C(C)=O. The van der Waals surface area contributed by atoms with Crippen molar-refractivity contribution in [1.82, 2.24) is 5.32 Å². The van der Waals surface area contributed by atoms with Crippen molar-refractivity contribution in [3.63, 3.8) is 0 Å². The lowest BCUT2D eigenvalue weighted by molar-refractivity contribution is -0.149. The first-order chi connectivity index (χ1) is 13.4. The van der Waals surface area contributed by atoms with Crippen molar-refractivity contribution < 1.29 is 29.0 Å². The minimum Gasteiger partial charge on any atom is -0.481 e. The average molecular weight is 412 g/mol. The number of methoxy groups -OCH3 is 1. The highest BCUT2D eigenvalue weighted by Crippen LogP contribution is 2.52. The van der Waals surface area contributed by atoms with E-state index in [1.54, 1.807) is 0 Å². The molecule has 1 aliphatic carbocycles. The van der Waals surface area contributed by atoms with Gasteiger partial charge in [-0.25, -0.2) is 4.79 Å². The summed E-state index contributed by atoms with van der Waals surface area (Å²) in [5, 5.41) is 11.6. The maximum Gasteiger partial charge on any atom is 0.336 e. The van der Waals surface area contributed by atoms with E-state index in [1.165, 1.54) is 26.2 Å². The molecule has 1 fully saturated rings. The minimum atomic E-state index is -1.40. The number of aliphatic carboxylic acids is 1. The average Bonchev–Trinajstić information content (AvgIpc) is 2.63. The molecule has 0 aromatic heterocycles. The smallest absolute Gasteiger partial charge is 0.336 e. The highest BCUT2D eigenvalue weighted by molar-refractivity contribution is 6.05. The molecule has 1 amide bonds. The van der Waals surface area contributed by atoms with Gasteiger partial charge in [-0.05, 0) is 43.4 Å². The minimum absolute atomic E-state index is 0.141. The van der Waals surface area contributed by atoms with E-state index in [0.717, 1.165) is 32.8 Å². The fourth-order valence-electron chi connectivity index (χ4n) is 4.53. The van der Waals surface area contributed by atoms with Gasteiger partial charge in [0.1, 0.15) is 0 Å². The van der Waals surface area contributed by atoms with Crippen LogP contribution in [-0.4, -0.2) is 41.9 Å². The van der Waals surface area contributed by atoms with Gasteiger partial charge in [0.05, 0.1) is 13.5 Å². The Bertz CT molecular complexity index is 601. The monoisotopic (exact) mass is 411 g/mol. The molecule has 2 atom stereocenters. The van der Waals surface area contributed by atoms with Crippen LogP contribution in [0.3, 0.4) is 0 Å². The molecule has 166 valence electrons. The lowest BCUT2D eigenvalue weighted by atomic mass is 9.57. The van der Waals surface area contributed by atoms with E-state index in [2.05, 4.69) is 30.8 Å². The second kappa shape index (κ2) is 10.7. The number of amides is 1. The number of ketones is 1. The Morgan fingerprint density at radius 3 is 2.14 bits per heavy atom. The van der Waals surface area contributed by atoms with Gasteiger partial charge in [0.15, 0.2) is 11.8 Å². The highest BCUT2D eigenvalue weighted by Gasteiger charge is 2.42. The maximum absolute atomic E-state index is 12.6. The van der Waals surface area contributed by atoms with Crippen molar-refractivity contribution >= 4 is 23.6 Å². The quantitative estimate of drug-likeness (QED) is 0.421. The summed E-state index contributed by atoms with van der Waals surface area (Å²) in [5.74, 6) is -3.86. The number of carbonyl (C=O) groups excluding carboxylic acids is 3. The zero-order chi connectivity index (χ0) is 22.2. The Balaban J connectivity index is 2.82. The van der Waals surface area contributed by atoms with Crippen molar-refractivity contribution in [3.05, 3.63) is 0 Å². The second-order valence-electron chi connectivity index (χ2n) is 9.35. The lowest BCUT2D eigenvalue weighted by Crippen LogP contribution is -2.48. The summed E-state index contributed by atoms with van der Waals surface area (Å²) in [6, 6.07) is -1.40. The first-order valence-corrected chi connectivity index (χ1v) is 10.5. The third-order valence-corrected chi connectivity index (χ3v) is 6.53. The van der Waals surface area contributed by atoms with Gasteiger partial charge >= 0.3 is 11.9 Å². The highest BCUT2D eigenvalue weighted by atomic mass is 16.5. The number of nitrogens with one attached hydrogen (secondary N) is 1. The van der Waals surface area contributed by atoms with E-state index in [9.17, 15) is 24.3 Å². The molecule has 1 aliphatic rings. The molecule has 7 heteroatoms. The van der Waals surface area contributed by atoms with Crippen LogP contribution in [0.4, 0.5) is 0 Å². The normalized spacial score (nSPS) is 18.4. The van der Waals surface area contributed by atoms with Crippen molar-refractivity contribution in [1.29, 1.82) is 0 Å². The molecule has 0 heterocycles. The van der Waals surface area contributed by atoms with Gasteiger partial charge in [-0.3, -0.25) is 14.4 Å². The maximum atomic E-state index is 12.6. The molecule has 0 aromatic carbocycles. The summed E-state index contributed by atoms with van der Waals surface area (Å²) in [5.41, 5.74) is 0.339. The molecule has 29 heavy (non-hydrogen) atoms. The van der Waals surface area contributed by atoms with Crippen LogP contribution in [-0.2, 0) is 23.9 Å². The Hall–Kier alpha value is -1.92. The summed E-state index contributed by atoms with van der Waals surface area (Å²) in [6.45, 7) is 7.96. The largest absolute Gasteiger partial charge is 0.481 e. The third-order valence-electron chi connectivity index (χ3n) is 6.53. The summed E-state index contributed by atoms with van der Waals surface area (Å²) < 4.78 is 4.56. The number of esters is 1. The van der Waals surface area contributed by atoms with E-state index in [4.69, 9.17) is 0 Å². The Labute approximate surface area is 174 Å². The first-order valence-electron chi connectivity index (χ1n) is 10.5. The van der Waals surface area contributed by atoms with Crippen molar-refractivity contribution in [2.24, 2.45) is 16.7 Å². The van der Waals surface area contributed by atoms with Crippen LogP contribution in [0.5, 0.6) is 0 Å². The number of carbonyl (C=O) groups is 4. The van der Waals surface area contributed by atoms with Gasteiger partial charge in [-0.15, -0.1) is 0 Å². The molecule has 2 N–H and O–H groups in total. The molecule has 0 aromatic rings. The van der Waals surface area contributed by atoms with Crippen molar-refractivity contribution in [2.45, 2.75) is 91.5 Å². The van der Waals surface area contributed by atoms with Gasteiger partial charge in [-0.2, -0.15) is 0 Å². The molecular weight excluding hydrogens is 374 g/mol. The van der Waals surface area contributed by atoms with Crippen LogP contribution in [0.2, 0.25) is 0 Å². The van der Waals surface area contributed by atoms with Crippen molar-refractivity contribution in [3.8, 4) is 0 Å². The predicted molar refractivity (Wildman–Crippen MR) is 109 cm³/mol. The molecule has 0 spiro atoms. The summed E-state index contributed by atoms with van der Waals surface area (Å²) >= 11 is 0. The fourth-order valence-corrected chi connectivity index (χ4v) is 4.53. The Morgan fingerprint density at radius 2 is 1.69 bits per heavy atom. The number of carboxylic acid groups (broad SMARTS) is 1. The fraction of sp³-hybridized carbons (Fsp3) is 0.818. The molecule has 7 nitrogen and oxygen atoms in total. The zero-order valence-electron chi connectivity index (χ0n) is 18.5. The molecule has 0 radical (unpaired) electrons. The molecule has 0 bridgehead atoms. The van der Waals surface area contributed by atoms with Gasteiger partial charge in [0.2, 0.25) is 5.91 Å². The summed E-state index contributed by atoms with van der Waals surface area (Å²) in [7, 11) is 1.13. The van der Waals surface area contributed by atoms with Gasteiger partial charge in [0.25, 0.3) is 0 Å². The van der Waals surface area contributed by atoms with Gasteiger partial charge < -0.3 is 15.2 Å². The molecular formula is C22H37NO6. The first kappa shape index (κ1) is 25.1. The molecule has 1 unspecified atom stereocenters. The zero-order valence-corrected chi connectivity index (χ0v) is 18.5. The summed E-state index contributed by atoms with van der Waals surface area (Å²) in [4.78, 5) is 47.3. The number of carboxylic acids is 1. The van der Waals surface area contributed by atoms with E-state index in [1.807, 2.05) is 0 Å². The van der Waals surface area contributed by atoms with Crippen LogP contribution in [0.15, 0.2) is 0 Å². The molecule has 1 saturated carbocycles. The third kappa shape index (κ3) is 7.12. The van der Waals surface area contributed by atoms with Crippen LogP contribution in [0.1, 0.15) is 85.5 Å². The van der Waals surface area contributed by atoms with E-state index >= 15 is 0 Å². The number of rotatable bonds is 10. The number of ether oxygens (including phenoxy) is 1. The van der Waals surface area contributed by atoms with E-state index in [-0.39, 0.29) is 17.3 Å². The topological polar surface area (TPSA) is 110 Å². The molecule has 1 rings (SSSR count). The lowest BCUT2D eigenvalue weighted by Gasteiger charge is -2.48. The number of Topliss-reactive ketones (excluding diaryl/α,β-unsaturated/α-hetero) is 1. The second-order valence-corrected chi connectivity index (χ2v) is 9.35. The van der Waals surface area contributed by atoms with Crippen LogP contribution in [0, 0.1) is 16.7 Å². The predicted octanol–water partition coefficient (Wildman–Crippen LogP) is 3.49. The van der Waals surface area contributed by atoms with Crippen molar-refractivity contribution in [2.75, 3.05) is 7.11 Å². The van der Waals surface area contributed by atoms with Crippen LogP contribution in [0.25, 0.3) is 0 Å². The Morgan fingerprint density at radius 1 is 1.10 bits per heavy atom. The van der Waals surface area contributed by atoms with Crippen LogP contribution < -0.4 is 5.32 Å². The van der Waals surface area contributed by atoms with Crippen LogP contribution >= 0.6 is 0 Å². The summed E-state index contributed by atoms with van der Waals surface area (Å²) in [6.07, 6.45) is 7.70. The standard InChI is InChI=1S/C22H37NO6/c1-15(24)18(20(28)29-5)23-19(27)16(14-17(25)26)10-9-13-22(21(2,3)4)11-7-6-8-12-22/h16,18H,6-14H2,1-5H3,(H,23,27)(H,25,26)/t16-,18?/m1/s1.